The van der Waals surface area contributed by atoms with E-state index in [1.54, 1.807) is 0 Å². The minimum atomic E-state index is -0.782. The van der Waals surface area contributed by atoms with Gasteiger partial charge in [-0.15, -0.1) is 0 Å². The average molecular weight is 225 g/mol. The van der Waals surface area contributed by atoms with Crippen LogP contribution in [0.15, 0.2) is 12.3 Å². The van der Waals surface area contributed by atoms with Crippen LogP contribution in [0.4, 0.5) is 11.5 Å². The van der Waals surface area contributed by atoms with Crippen LogP contribution < -0.4 is 16.8 Å². The highest BCUT2D eigenvalue weighted by Gasteiger charge is 2.15. The predicted octanol–water partition coefficient (Wildman–Crippen LogP) is -0.541. The summed E-state index contributed by atoms with van der Waals surface area (Å²) in [6.07, 6.45) is 1.05. The molecule has 0 saturated heterocycles. The van der Waals surface area contributed by atoms with Gasteiger partial charge in [0.05, 0.1) is 10.5 Å². The predicted molar refractivity (Wildman–Crippen MR) is 57.0 cm³/mol. The molecule has 0 unspecified atom stereocenters. The molecule has 0 spiro atoms. The van der Waals surface area contributed by atoms with Crippen molar-refractivity contribution >= 4 is 17.4 Å². The van der Waals surface area contributed by atoms with Crippen LogP contribution >= 0.6 is 0 Å². The molecule has 0 aromatic carbocycles. The minimum Gasteiger partial charge on any atom is -0.368 e. The van der Waals surface area contributed by atoms with Gasteiger partial charge in [0, 0.05) is 19.2 Å². The standard InChI is InChI=1S/C8H11N5O3/c9-1-2-11-8-6(7(10)14)3-5(4-12-8)13(15)16/h3-4H,1-2,9H2,(H2,10,14)(H,11,12). The van der Waals surface area contributed by atoms with Crippen molar-refractivity contribution in [1.82, 2.24) is 4.98 Å². The topological polar surface area (TPSA) is 137 Å². The van der Waals surface area contributed by atoms with Gasteiger partial charge < -0.3 is 16.8 Å². The highest BCUT2D eigenvalue weighted by Crippen LogP contribution is 2.18. The van der Waals surface area contributed by atoms with E-state index < -0.39 is 10.8 Å². The maximum absolute atomic E-state index is 11.0. The van der Waals surface area contributed by atoms with Gasteiger partial charge in [-0.2, -0.15) is 0 Å². The van der Waals surface area contributed by atoms with Gasteiger partial charge >= 0.3 is 0 Å². The summed E-state index contributed by atoms with van der Waals surface area (Å²) in [6.45, 7) is 0.738. The summed E-state index contributed by atoms with van der Waals surface area (Å²) < 4.78 is 0. The summed E-state index contributed by atoms with van der Waals surface area (Å²) >= 11 is 0. The van der Waals surface area contributed by atoms with E-state index in [0.29, 0.717) is 13.1 Å². The highest BCUT2D eigenvalue weighted by atomic mass is 16.6. The molecule has 16 heavy (non-hydrogen) atoms. The van der Waals surface area contributed by atoms with Crippen molar-refractivity contribution in [3.8, 4) is 0 Å². The number of nitrogens with zero attached hydrogens (tertiary/aromatic N) is 2. The highest BCUT2D eigenvalue weighted by molar-refractivity contribution is 5.98. The molecule has 0 radical (unpaired) electrons. The van der Waals surface area contributed by atoms with Crippen LogP contribution in [-0.4, -0.2) is 28.9 Å². The lowest BCUT2D eigenvalue weighted by molar-refractivity contribution is -0.385. The second-order valence-corrected chi connectivity index (χ2v) is 2.93. The van der Waals surface area contributed by atoms with Crippen LogP contribution in [0.3, 0.4) is 0 Å². The maximum Gasteiger partial charge on any atom is 0.288 e. The molecule has 1 aromatic heterocycles. The molecule has 5 N–H and O–H groups in total. The number of carbonyl (C=O) groups is 1. The van der Waals surface area contributed by atoms with E-state index in [2.05, 4.69) is 10.3 Å². The van der Waals surface area contributed by atoms with Crippen LogP contribution in [0.2, 0.25) is 0 Å². The number of hydrogen-bond donors (Lipinski definition) is 3. The first-order valence-electron chi connectivity index (χ1n) is 4.44. The second-order valence-electron chi connectivity index (χ2n) is 2.93. The molecule has 1 aromatic rings. The molecule has 1 amide bonds. The number of hydrogen-bond acceptors (Lipinski definition) is 6. The fourth-order valence-corrected chi connectivity index (χ4v) is 1.07. The van der Waals surface area contributed by atoms with E-state index in [-0.39, 0.29) is 17.1 Å². The van der Waals surface area contributed by atoms with Gasteiger partial charge in [0.15, 0.2) is 0 Å². The molecular formula is C8H11N5O3. The van der Waals surface area contributed by atoms with Crippen LogP contribution in [0.1, 0.15) is 10.4 Å². The molecule has 86 valence electrons. The van der Waals surface area contributed by atoms with Gasteiger partial charge in [-0.3, -0.25) is 14.9 Å². The van der Waals surface area contributed by atoms with Gasteiger partial charge in [-0.25, -0.2) is 4.98 Å². The SMILES string of the molecule is NCCNc1ncc([N+](=O)[O-])cc1C(N)=O. The van der Waals surface area contributed by atoms with Crippen molar-refractivity contribution in [2.75, 3.05) is 18.4 Å². The Labute approximate surface area is 90.8 Å². The number of carbonyl (C=O) groups excluding carboxylic acids is 1. The zero-order valence-corrected chi connectivity index (χ0v) is 8.34. The third-order valence-corrected chi connectivity index (χ3v) is 1.79. The van der Waals surface area contributed by atoms with Crippen molar-refractivity contribution < 1.29 is 9.72 Å². The van der Waals surface area contributed by atoms with E-state index in [4.69, 9.17) is 11.5 Å². The number of amides is 1. The lowest BCUT2D eigenvalue weighted by Gasteiger charge is -2.07. The Morgan fingerprint density at radius 1 is 1.62 bits per heavy atom. The summed E-state index contributed by atoms with van der Waals surface area (Å²) in [5.41, 5.74) is 10.0. The van der Waals surface area contributed by atoms with Gasteiger partial charge in [-0.1, -0.05) is 0 Å². The zero-order valence-electron chi connectivity index (χ0n) is 8.34. The molecule has 0 saturated carbocycles. The smallest absolute Gasteiger partial charge is 0.288 e. The van der Waals surface area contributed by atoms with Gasteiger partial charge in [0.2, 0.25) is 0 Å². The molecular weight excluding hydrogens is 214 g/mol. The monoisotopic (exact) mass is 225 g/mol. The summed E-state index contributed by atoms with van der Waals surface area (Å²) in [5.74, 6) is -0.584. The number of anilines is 1. The van der Waals surface area contributed by atoms with Crippen molar-refractivity contribution in [2.45, 2.75) is 0 Å². The van der Waals surface area contributed by atoms with Gasteiger partial charge in [-0.05, 0) is 0 Å². The molecule has 0 aliphatic rings. The average Bonchev–Trinajstić information content (AvgIpc) is 2.25. The summed E-state index contributed by atoms with van der Waals surface area (Å²) in [5, 5.41) is 13.2. The normalized spacial score (nSPS) is 9.81. The van der Waals surface area contributed by atoms with E-state index in [0.717, 1.165) is 12.3 Å². The Balaban J connectivity index is 3.09. The molecule has 8 heteroatoms. The lowest BCUT2D eigenvalue weighted by atomic mass is 10.2. The third-order valence-electron chi connectivity index (χ3n) is 1.79. The minimum absolute atomic E-state index is 0.0253. The van der Waals surface area contributed by atoms with Crippen molar-refractivity contribution in [3.05, 3.63) is 27.9 Å². The summed E-state index contributed by atoms with van der Waals surface area (Å²) in [7, 11) is 0. The number of nitrogens with one attached hydrogen (secondary N) is 1. The first-order chi connectivity index (χ1) is 7.56. The van der Waals surface area contributed by atoms with Gasteiger partial charge in [0.25, 0.3) is 11.6 Å². The first-order valence-corrected chi connectivity index (χ1v) is 4.44. The fraction of sp³-hybridized carbons (Fsp3) is 0.250. The Kier molecular flexibility index (Phi) is 3.72. The van der Waals surface area contributed by atoms with Crippen molar-refractivity contribution in [1.29, 1.82) is 0 Å². The Bertz CT molecular complexity index is 420. The Morgan fingerprint density at radius 2 is 2.31 bits per heavy atom. The maximum atomic E-state index is 11.0. The van der Waals surface area contributed by atoms with E-state index in [1.165, 1.54) is 0 Å². The summed E-state index contributed by atoms with van der Waals surface area (Å²) in [6, 6.07) is 1.08. The first kappa shape index (κ1) is 11.9. The number of aromatic nitrogens is 1. The molecule has 0 aliphatic heterocycles. The molecule has 8 nitrogen and oxygen atoms in total. The van der Waals surface area contributed by atoms with Crippen LogP contribution in [0, 0.1) is 10.1 Å². The number of nitrogens with two attached hydrogens (primary N) is 2. The molecule has 0 bridgehead atoms. The van der Waals surface area contributed by atoms with E-state index in [1.807, 2.05) is 0 Å². The lowest BCUT2D eigenvalue weighted by Crippen LogP contribution is -2.19. The zero-order chi connectivity index (χ0) is 12.1. The third kappa shape index (κ3) is 2.64. The summed E-state index contributed by atoms with van der Waals surface area (Å²) in [4.78, 5) is 24.6. The number of rotatable bonds is 5. The van der Waals surface area contributed by atoms with E-state index in [9.17, 15) is 14.9 Å². The van der Waals surface area contributed by atoms with E-state index >= 15 is 0 Å². The Morgan fingerprint density at radius 3 is 2.81 bits per heavy atom. The quantitative estimate of drug-likeness (QED) is 0.454. The van der Waals surface area contributed by atoms with Crippen LogP contribution in [0.25, 0.3) is 0 Å². The number of pyridine rings is 1. The van der Waals surface area contributed by atoms with Gasteiger partial charge in [0.1, 0.15) is 12.0 Å². The molecule has 1 heterocycles. The number of nitro groups is 1. The fourth-order valence-electron chi connectivity index (χ4n) is 1.07. The largest absolute Gasteiger partial charge is 0.368 e. The second kappa shape index (κ2) is 5.03. The molecule has 1 rings (SSSR count). The van der Waals surface area contributed by atoms with Crippen molar-refractivity contribution in [3.63, 3.8) is 0 Å². The molecule has 0 fully saturated rings. The van der Waals surface area contributed by atoms with Crippen molar-refractivity contribution in [2.24, 2.45) is 11.5 Å². The Hall–Kier alpha value is -2.22. The van der Waals surface area contributed by atoms with Crippen LogP contribution in [0.5, 0.6) is 0 Å². The molecule has 0 atom stereocenters. The van der Waals surface area contributed by atoms with Crippen LogP contribution in [-0.2, 0) is 0 Å². The number of primary amides is 1. The molecule has 0 aliphatic carbocycles.